The summed E-state index contributed by atoms with van der Waals surface area (Å²) in [4.78, 5) is 25.1. The van der Waals surface area contributed by atoms with Crippen LogP contribution in [0.4, 0.5) is 0 Å². The van der Waals surface area contributed by atoms with Gasteiger partial charge in [0.25, 0.3) is 0 Å². The Labute approximate surface area is 222 Å². The molecule has 36 heavy (non-hydrogen) atoms. The van der Waals surface area contributed by atoms with E-state index in [1.165, 1.54) is 7.11 Å². The molecule has 1 fully saturated rings. The molecule has 212 valence electrons. The van der Waals surface area contributed by atoms with Crippen molar-refractivity contribution in [1.82, 2.24) is 10.6 Å². The molecule has 0 saturated heterocycles. The first kappa shape index (κ1) is 32.9. The molecule has 6 nitrogen and oxygen atoms in total. The van der Waals surface area contributed by atoms with Gasteiger partial charge in [0.1, 0.15) is 5.60 Å². The van der Waals surface area contributed by atoms with Crippen molar-refractivity contribution in [3.05, 3.63) is 0 Å². The Morgan fingerprint density at radius 2 is 1.53 bits per heavy atom. The molecular formula is C30H58N2O4. The van der Waals surface area contributed by atoms with Gasteiger partial charge in [-0.25, -0.2) is 0 Å². The zero-order valence-electron chi connectivity index (χ0n) is 25.3. The van der Waals surface area contributed by atoms with Crippen LogP contribution in [-0.2, 0) is 19.1 Å². The van der Waals surface area contributed by atoms with Gasteiger partial charge in [0.05, 0.1) is 18.9 Å². The molecule has 0 spiro atoms. The number of carbonyl (C=O) groups excluding carboxylic acids is 2. The molecule has 1 aliphatic carbocycles. The molecule has 0 aromatic heterocycles. The van der Waals surface area contributed by atoms with Crippen molar-refractivity contribution >= 4 is 11.9 Å². The van der Waals surface area contributed by atoms with E-state index in [0.29, 0.717) is 13.0 Å². The highest BCUT2D eigenvalue weighted by Gasteiger charge is 2.62. The predicted octanol–water partition coefficient (Wildman–Crippen LogP) is 6.41. The van der Waals surface area contributed by atoms with E-state index in [2.05, 4.69) is 77.7 Å². The van der Waals surface area contributed by atoms with Gasteiger partial charge in [-0.15, -0.1) is 0 Å². The van der Waals surface area contributed by atoms with Crippen molar-refractivity contribution in [2.45, 2.75) is 138 Å². The van der Waals surface area contributed by atoms with Gasteiger partial charge in [-0.2, -0.15) is 0 Å². The third-order valence-corrected chi connectivity index (χ3v) is 9.88. The SMILES string of the molecule is CCC(C)(CC)CC1(C(=O)OC(C)(C)CCNC(C)(CC)CCNCCC(=O)OC)CCC1(C)CC. The largest absolute Gasteiger partial charge is 0.469 e. The lowest BCUT2D eigenvalue weighted by Gasteiger charge is -2.59. The molecule has 0 bridgehead atoms. The van der Waals surface area contributed by atoms with Gasteiger partial charge in [0.2, 0.25) is 0 Å². The monoisotopic (exact) mass is 510 g/mol. The van der Waals surface area contributed by atoms with Crippen LogP contribution in [0.25, 0.3) is 0 Å². The Bertz CT molecular complexity index is 701. The van der Waals surface area contributed by atoms with Crippen molar-refractivity contribution < 1.29 is 19.1 Å². The van der Waals surface area contributed by atoms with Gasteiger partial charge >= 0.3 is 11.9 Å². The normalized spacial score (nSPS) is 24.1. The molecule has 3 unspecified atom stereocenters. The second-order valence-electron chi connectivity index (χ2n) is 12.8. The lowest BCUT2D eigenvalue weighted by molar-refractivity contribution is -0.200. The van der Waals surface area contributed by atoms with Crippen molar-refractivity contribution in [1.29, 1.82) is 0 Å². The number of carbonyl (C=O) groups is 2. The van der Waals surface area contributed by atoms with Crippen LogP contribution in [0, 0.1) is 16.2 Å². The van der Waals surface area contributed by atoms with Crippen LogP contribution >= 0.6 is 0 Å². The lowest BCUT2D eigenvalue weighted by Crippen LogP contribution is -2.58. The maximum atomic E-state index is 13.9. The van der Waals surface area contributed by atoms with Crippen LogP contribution in [0.2, 0.25) is 0 Å². The fraction of sp³-hybridized carbons (Fsp3) is 0.933. The molecular weight excluding hydrogens is 452 g/mol. The first-order chi connectivity index (χ1) is 16.7. The van der Waals surface area contributed by atoms with Crippen LogP contribution in [-0.4, -0.2) is 49.8 Å². The maximum absolute atomic E-state index is 13.9. The number of rotatable bonds is 18. The average molecular weight is 511 g/mol. The van der Waals surface area contributed by atoms with E-state index in [0.717, 1.165) is 70.9 Å². The van der Waals surface area contributed by atoms with Crippen LogP contribution in [0.15, 0.2) is 0 Å². The number of hydrogen-bond acceptors (Lipinski definition) is 6. The molecule has 0 aliphatic heterocycles. The average Bonchev–Trinajstić information content (AvgIpc) is 2.84. The minimum Gasteiger partial charge on any atom is -0.469 e. The zero-order valence-corrected chi connectivity index (χ0v) is 25.3. The number of esters is 2. The van der Waals surface area contributed by atoms with Gasteiger partial charge < -0.3 is 20.1 Å². The quantitative estimate of drug-likeness (QED) is 0.164. The predicted molar refractivity (Wildman–Crippen MR) is 149 cm³/mol. The van der Waals surface area contributed by atoms with Gasteiger partial charge in [0, 0.05) is 12.1 Å². The molecule has 0 amide bonds. The topological polar surface area (TPSA) is 76.7 Å². The van der Waals surface area contributed by atoms with Crippen molar-refractivity contribution in [3.8, 4) is 0 Å². The number of nitrogens with one attached hydrogen (secondary N) is 2. The summed E-state index contributed by atoms with van der Waals surface area (Å²) in [7, 11) is 1.42. The first-order valence-electron chi connectivity index (χ1n) is 14.5. The fourth-order valence-corrected chi connectivity index (χ4v) is 5.56. The van der Waals surface area contributed by atoms with Gasteiger partial charge in [-0.05, 0) is 89.6 Å². The minimum atomic E-state index is -0.524. The molecule has 0 radical (unpaired) electrons. The molecule has 0 heterocycles. The van der Waals surface area contributed by atoms with E-state index in [1.807, 2.05) is 0 Å². The highest BCUT2D eigenvalue weighted by molar-refractivity contribution is 5.80. The highest BCUT2D eigenvalue weighted by Crippen LogP contribution is 2.64. The Morgan fingerprint density at radius 3 is 2.00 bits per heavy atom. The van der Waals surface area contributed by atoms with E-state index in [-0.39, 0.29) is 33.7 Å². The van der Waals surface area contributed by atoms with Crippen LogP contribution < -0.4 is 10.6 Å². The summed E-state index contributed by atoms with van der Waals surface area (Å²) in [6.07, 6.45) is 9.24. The smallest absolute Gasteiger partial charge is 0.313 e. The molecule has 1 saturated carbocycles. The van der Waals surface area contributed by atoms with E-state index < -0.39 is 5.60 Å². The Morgan fingerprint density at radius 1 is 0.889 bits per heavy atom. The third kappa shape index (κ3) is 8.44. The maximum Gasteiger partial charge on any atom is 0.313 e. The van der Waals surface area contributed by atoms with E-state index in [9.17, 15) is 9.59 Å². The van der Waals surface area contributed by atoms with Gasteiger partial charge in [-0.3, -0.25) is 9.59 Å². The number of ether oxygens (including phenoxy) is 2. The van der Waals surface area contributed by atoms with E-state index in [4.69, 9.17) is 4.74 Å². The van der Waals surface area contributed by atoms with Crippen molar-refractivity contribution in [2.24, 2.45) is 16.2 Å². The van der Waals surface area contributed by atoms with Crippen molar-refractivity contribution in [2.75, 3.05) is 26.7 Å². The van der Waals surface area contributed by atoms with Gasteiger partial charge in [-0.1, -0.05) is 54.4 Å². The number of hydrogen-bond donors (Lipinski definition) is 2. The zero-order chi connectivity index (χ0) is 27.7. The van der Waals surface area contributed by atoms with Crippen LogP contribution in [0.5, 0.6) is 0 Å². The molecule has 2 N–H and O–H groups in total. The molecule has 1 aliphatic rings. The van der Waals surface area contributed by atoms with E-state index >= 15 is 0 Å². The van der Waals surface area contributed by atoms with Crippen molar-refractivity contribution in [3.63, 3.8) is 0 Å². The number of methoxy groups -OCH3 is 1. The van der Waals surface area contributed by atoms with Crippen LogP contribution in [0.3, 0.4) is 0 Å². The Balaban J connectivity index is 2.72. The summed E-state index contributed by atoms with van der Waals surface area (Å²) in [5.74, 6) is -0.170. The minimum absolute atomic E-state index is 0.0155. The second kappa shape index (κ2) is 13.6. The highest BCUT2D eigenvalue weighted by atomic mass is 16.6. The summed E-state index contributed by atoms with van der Waals surface area (Å²) >= 11 is 0. The molecule has 0 aromatic carbocycles. The first-order valence-corrected chi connectivity index (χ1v) is 14.5. The summed E-state index contributed by atoms with van der Waals surface area (Å²) in [5.41, 5.74) is -0.732. The Kier molecular flexibility index (Phi) is 12.4. The summed E-state index contributed by atoms with van der Waals surface area (Å²) in [6, 6.07) is 0. The summed E-state index contributed by atoms with van der Waals surface area (Å²) < 4.78 is 11.0. The molecule has 6 heteroatoms. The third-order valence-electron chi connectivity index (χ3n) is 9.88. The molecule has 1 rings (SSSR count). The standard InChI is InChI=1S/C30H58N2O4/c1-11-27(7,12-2)23-30(17-16-28(30,8)13-3)25(34)36-26(5,6)18-22-32-29(9,14-4)19-21-31-20-15-24(33)35-10/h31-32H,11-23H2,1-10H3. The summed E-state index contributed by atoms with van der Waals surface area (Å²) in [6.45, 7) is 22.1. The van der Waals surface area contributed by atoms with Crippen LogP contribution in [0.1, 0.15) is 127 Å². The lowest BCUT2D eigenvalue weighted by atomic mass is 9.45. The fourth-order valence-electron chi connectivity index (χ4n) is 5.56. The summed E-state index contributed by atoms with van der Waals surface area (Å²) in [5, 5.41) is 7.05. The molecule has 0 aromatic rings. The van der Waals surface area contributed by atoms with E-state index in [1.54, 1.807) is 0 Å². The second-order valence-corrected chi connectivity index (χ2v) is 12.8. The van der Waals surface area contributed by atoms with Gasteiger partial charge in [0.15, 0.2) is 0 Å². The molecule has 3 atom stereocenters. The Hall–Kier alpha value is -1.14.